The van der Waals surface area contributed by atoms with Crippen molar-refractivity contribution in [2.75, 3.05) is 43.0 Å². The van der Waals surface area contributed by atoms with Gasteiger partial charge in [-0.05, 0) is 23.1 Å². The molecule has 0 radical (unpaired) electrons. The monoisotopic (exact) mass is 437 g/mol. The van der Waals surface area contributed by atoms with Crippen molar-refractivity contribution in [1.29, 1.82) is 0 Å². The Morgan fingerprint density at radius 3 is 2.21 bits per heavy atom. The lowest BCUT2D eigenvalue weighted by atomic mass is 10.0. The first kappa shape index (κ1) is 20.9. The summed E-state index contributed by atoms with van der Waals surface area (Å²) in [6.07, 6.45) is 3.58. The van der Waals surface area contributed by atoms with Crippen molar-refractivity contribution in [3.63, 3.8) is 0 Å². The molecule has 166 valence electrons. The summed E-state index contributed by atoms with van der Waals surface area (Å²) in [5.41, 5.74) is 1.74. The van der Waals surface area contributed by atoms with Crippen molar-refractivity contribution >= 4 is 28.3 Å². The molecule has 0 saturated carbocycles. The Bertz CT molecular complexity index is 1240. The number of anilines is 2. The van der Waals surface area contributed by atoms with Crippen LogP contribution < -0.4 is 9.80 Å². The van der Waals surface area contributed by atoms with Crippen molar-refractivity contribution in [3.05, 3.63) is 96.3 Å². The Balaban J connectivity index is 1.38. The maximum absolute atomic E-state index is 13.3. The van der Waals surface area contributed by atoms with Gasteiger partial charge >= 0.3 is 0 Å². The van der Waals surface area contributed by atoms with Gasteiger partial charge in [0.2, 0.25) is 0 Å². The van der Waals surface area contributed by atoms with E-state index >= 15 is 0 Å². The third-order valence-electron chi connectivity index (χ3n) is 6.17. The van der Waals surface area contributed by atoms with Crippen molar-refractivity contribution in [2.24, 2.45) is 0 Å². The first-order valence-corrected chi connectivity index (χ1v) is 11.3. The number of aromatic nitrogens is 2. The number of pyridine rings is 2. The molecule has 1 amide bonds. The Kier molecular flexibility index (Phi) is 5.89. The molecule has 1 saturated heterocycles. The topological polar surface area (TPSA) is 52.6 Å². The van der Waals surface area contributed by atoms with E-state index in [1.54, 1.807) is 11.1 Å². The Morgan fingerprint density at radius 1 is 0.818 bits per heavy atom. The van der Waals surface area contributed by atoms with Crippen LogP contribution >= 0.6 is 0 Å². The highest BCUT2D eigenvalue weighted by molar-refractivity contribution is 6.09. The Morgan fingerprint density at radius 2 is 1.48 bits per heavy atom. The van der Waals surface area contributed by atoms with E-state index in [1.165, 1.54) is 0 Å². The summed E-state index contributed by atoms with van der Waals surface area (Å²) in [4.78, 5) is 28.9. The molecular formula is C27H27N5O. The quantitative estimate of drug-likeness (QED) is 0.468. The molecule has 1 aliphatic rings. The van der Waals surface area contributed by atoms with Gasteiger partial charge in [-0.3, -0.25) is 4.79 Å². The Labute approximate surface area is 194 Å². The average Bonchev–Trinajstić information content (AvgIpc) is 2.89. The van der Waals surface area contributed by atoms with Crippen LogP contribution in [0.4, 0.5) is 11.6 Å². The maximum atomic E-state index is 13.3. The van der Waals surface area contributed by atoms with Gasteiger partial charge in [-0.2, -0.15) is 0 Å². The molecule has 2 aromatic heterocycles. The molecule has 4 aromatic rings. The van der Waals surface area contributed by atoms with Gasteiger partial charge in [0.15, 0.2) is 0 Å². The molecule has 3 heterocycles. The first-order valence-electron chi connectivity index (χ1n) is 11.3. The van der Waals surface area contributed by atoms with Crippen molar-refractivity contribution in [1.82, 2.24) is 14.9 Å². The highest BCUT2D eigenvalue weighted by atomic mass is 16.2. The van der Waals surface area contributed by atoms with Crippen LogP contribution in [0.2, 0.25) is 0 Å². The molecule has 2 aromatic carbocycles. The average molecular weight is 438 g/mol. The molecule has 33 heavy (non-hydrogen) atoms. The zero-order chi connectivity index (χ0) is 22.6. The second kappa shape index (κ2) is 9.28. The van der Waals surface area contributed by atoms with E-state index in [2.05, 4.69) is 26.9 Å². The molecule has 0 spiro atoms. The minimum absolute atomic E-state index is 0.0194. The van der Waals surface area contributed by atoms with E-state index in [9.17, 15) is 4.79 Å². The first-order chi connectivity index (χ1) is 16.2. The van der Waals surface area contributed by atoms with Gasteiger partial charge in [-0.1, -0.05) is 60.7 Å². The fraction of sp³-hybridized carbons (Fsp3) is 0.222. The lowest BCUT2D eigenvalue weighted by Crippen LogP contribution is -2.47. The summed E-state index contributed by atoms with van der Waals surface area (Å²) in [5.74, 6) is 1.93. The third kappa shape index (κ3) is 4.37. The number of piperazine rings is 1. The minimum Gasteiger partial charge on any atom is -0.353 e. The predicted molar refractivity (Wildman–Crippen MR) is 133 cm³/mol. The highest BCUT2D eigenvalue weighted by Gasteiger charge is 2.23. The van der Waals surface area contributed by atoms with Crippen LogP contribution in [0, 0.1) is 0 Å². The number of carbonyl (C=O) groups excluding carboxylic acids is 1. The zero-order valence-electron chi connectivity index (χ0n) is 18.8. The standard InChI is InChI=1S/C27H27N5O/c1-30(20-21-9-3-2-4-10-21)27(33)24-19-29-26(23-12-6-5-11-22(23)24)32-17-15-31(16-18-32)25-13-7-8-14-28-25/h2-14,19H,15-18,20H2,1H3. The Hall–Kier alpha value is -3.93. The molecule has 1 aliphatic heterocycles. The second-order valence-electron chi connectivity index (χ2n) is 8.35. The predicted octanol–water partition coefficient (Wildman–Crippen LogP) is 4.23. The van der Waals surface area contributed by atoms with Gasteiger partial charge in [-0.15, -0.1) is 0 Å². The van der Waals surface area contributed by atoms with Crippen molar-refractivity contribution in [3.8, 4) is 0 Å². The lowest BCUT2D eigenvalue weighted by Gasteiger charge is -2.36. The van der Waals surface area contributed by atoms with Crippen LogP contribution in [-0.2, 0) is 6.54 Å². The molecule has 6 nitrogen and oxygen atoms in total. The number of nitrogens with zero attached hydrogens (tertiary/aromatic N) is 5. The molecule has 0 bridgehead atoms. The third-order valence-corrected chi connectivity index (χ3v) is 6.17. The van der Waals surface area contributed by atoms with Gasteiger partial charge in [0, 0.05) is 57.6 Å². The van der Waals surface area contributed by atoms with E-state index in [0.717, 1.165) is 54.2 Å². The number of fused-ring (bicyclic) bond motifs is 1. The number of carbonyl (C=O) groups is 1. The minimum atomic E-state index is -0.0194. The van der Waals surface area contributed by atoms with Gasteiger partial charge in [0.25, 0.3) is 5.91 Å². The van der Waals surface area contributed by atoms with Crippen LogP contribution in [0.5, 0.6) is 0 Å². The SMILES string of the molecule is CN(Cc1ccccc1)C(=O)c1cnc(N2CCN(c3ccccn3)CC2)c2ccccc12. The number of hydrogen-bond acceptors (Lipinski definition) is 5. The van der Waals surface area contributed by atoms with E-state index in [1.807, 2.05) is 73.9 Å². The van der Waals surface area contributed by atoms with Gasteiger partial charge in [-0.25, -0.2) is 9.97 Å². The molecule has 0 N–H and O–H groups in total. The number of rotatable bonds is 5. The van der Waals surface area contributed by atoms with E-state index in [0.29, 0.717) is 12.1 Å². The number of amides is 1. The van der Waals surface area contributed by atoms with Gasteiger partial charge in [0.1, 0.15) is 11.6 Å². The summed E-state index contributed by atoms with van der Waals surface area (Å²) in [5, 5.41) is 1.96. The molecule has 0 aliphatic carbocycles. The molecular weight excluding hydrogens is 410 g/mol. The summed E-state index contributed by atoms with van der Waals surface area (Å²) in [6, 6.07) is 24.1. The van der Waals surface area contributed by atoms with Crippen LogP contribution in [0.3, 0.4) is 0 Å². The lowest BCUT2D eigenvalue weighted by molar-refractivity contribution is 0.0786. The van der Waals surface area contributed by atoms with Crippen LogP contribution in [0.25, 0.3) is 10.8 Å². The molecule has 5 rings (SSSR count). The van der Waals surface area contributed by atoms with Gasteiger partial charge < -0.3 is 14.7 Å². The van der Waals surface area contributed by atoms with E-state index in [4.69, 9.17) is 4.98 Å². The highest BCUT2D eigenvalue weighted by Crippen LogP contribution is 2.29. The van der Waals surface area contributed by atoms with E-state index in [-0.39, 0.29) is 5.91 Å². The van der Waals surface area contributed by atoms with E-state index < -0.39 is 0 Å². The van der Waals surface area contributed by atoms with Crippen LogP contribution in [0.15, 0.2) is 85.2 Å². The van der Waals surface area contributed by atoms with Crippen LogP contribution in [-0.4, -0.2) is 54.0 Å². The van der Waals surface area contributed by atoms with Crippen molar-refractivity contribution < 1.29 is 4.79 Å². The number of hydrogen-bond donors (Lipinski definition) is 0. The van der Waals surface area contributed by atoms with Crippen LogP contribution in [0.1, 0.15) is 15.9 Å². The van der Waals surface area contributed by atoms with Crippen molar-refractivity contribution in [2.45, 2.75) is 6.54 Å². The zero-order valence-corrected chi connectivity index (χ0v) is 18.8. The normalized spacial score (nSPS) is 13.8. The fourth-order valence-electron chi connectivity index (χ4n) is 4.42. The molecule has 0 unspecified atom stereocenters. The summed E-state index contributed by atoms with van der Waals surface area (Å²) in [6.45, 7) is 4.04. The smallest absolute Gasteiger partial charge is 0.256 e. The number of benzene rings is 2. The molecule has 6 heteroatoms. The summed E-state index contributed by atoms with van der Waals surface area (Å²) in [7, 11) is 1.84. The summed E-state index contributed by atoms with van der Waals surface area (Å²) < 4.78 is 0. The fourth-order valence-corrected chi connectivity index (χ4v) is 4.42. The molecule has 1 fully saturated rings. The maximum Gasteiger partial charge on any atom is 0.256 e. The van der Waals surface area contributed by atoms with Gasteiger partial charge in [0.05, 0.1) is 5.56 Å². The molecule has 0 atom stereocenters. The summed E-state index contributed by atoms with van der Waals surface area (Å²) >= 11 is 0. The second-order valence-corrected chi connectivity index (χ2v) is 8.35. The largest absolute Gasteiger partial charge is 0.353 e.